The molecule has 0 aromatic heterocycles. The molecule has 0 heterocycles. The number of carbonyl (C=O) groups is 1. The van der Waals surface area contributed by atoms with Gasteiger partial charge in [0, 0.05) is 18.6 Å². The standard InChI is InChI=1S/C15H17F4NO2/c16-10-6-9(12(17)14(19)13(10)18)15(22)20-11-5-3-1-2-4-8(11)7-21/h6,8,11,21H,1-5,7H2,(H,20,22). The number of aliphatic hydroxyl groups excluding tert-OH is 1. The fourth-order valence-electron chi connectivity index (χ4n) is 2.78. The maximum Gasteiger partial charge on any atom is 0.254 e. The Labute approximate surface area is 125 Å². The van der Waals surface area contributed by atoms with E-state index in [9.17, 15) is 27.5 Å². The van der Waals surface area contributed by atoms with Gasteiger partial charge in [0.05, 0.1) is 5.56 Å². The molecule has 3 nitrogen and oxygen atoms in total. The van der Waals surface area contributed by atoms with E-state index in [2.05, 4.69) is 5.32 Å². The molecule has 0 bridgehead atoms. The lowest BCUT2D eigenvalue weighted by Gasteiger charge is -2.24. The molecule has 1 aliphatic carbocycles. The SMILES string of the molecule is O=C(NC1CCCCCC1CO)c1cc(F)c(F)c(F)c1F. The van der Waals surface area contributed by atoms with Gasteiger partial charge < -0.3 is 10.4 Å². The van der Waals surface area contributed by atoms with Crippen LogP contribution in [0.1, 0.15) is 42.5 Å². The van der Waals surface area contributed by atoms with Crippen molar-refractivity contribution in [2.75, 3.05) is 6.61 Å². The van der Waals surface area contributed by atoms with Gasteiger partial charge >= 0.3 is 0 Å². The second kappa shape index (κ2) is 7.09. The van der Waals surface area contributed by atoms with E-state index in [0.717, 1.165) is 19.3 Å². The summed E-state index contributed by atoms with van der Waals surface area (Å²) in [4.78, 5) is 12.0. The molecule has 1 aromatic carbocycles. The Balaban J connectivity index is 2.21. The summed E-state index contributed by atoms with van der Waals surface area (Å²) in [6.45, 7) is -0.139. The van der Waals surface area contributed by atoms with Gasteiger partial charge in [-0.1, -0.05) is 19.3 Å². The molecule has 1 saturated carbocycles. The van der Waals surface area contributed by atoms with Gasteiger partial charge in [-0.25, -0.2) is 17.6 Å². The number of nitrogens with one attached hydrogen (secondary N) is 1. The molecule has 2 atom stereocenters. The Morgan fingerprint density at radius 3 is 2.45 bits per heavy atom. The molecule has 2 N–H and O–H groups in total. The molecule has 1 aliphatic rings. The zero-order valence-electron chi connectivity index (χ0n) is 11.8. The van der Waals surface area contributed by atoms with E-state index < -0.39 is 40.8 Å². The second-order valence-electron chi connectivity index (χ2n) is 5.51. The lowest BCUT2D eigenvalue weighted by Crippen LogP contribution is -2.41. The molecule has 0 radical (unpaired) electrons. The summed E-state index contributed by atoms with van der Waals surface area (Å²) < 4.78 is 52.9. The number of amides is 1. The first-order chi connectivity index (χ1) is 10.5. The van der Waals surface area contributed by atoms with E-state index in [-0.39, 0.29) is 12.5 Å². The lowest BCUT2D eigenvalue weighted by atomic mass is 9.95. The highest BCUT2D eigenvalue weighted by atomic mass is 19.2. The molecule has 1 aromatic rings. The second-order valence-corrected chi connectivity index (χ2v) is 5.51. The van der Waals surface area contributed by atoms with Crippen molar-refractivity contribution in [2.45, 2.75) is 38.1 Å². The number of aliphatic hydroxyl groups is 1. The summed E-state index contributed by atoms with van der Waals surface area (Å²) in [5, 5.41) is 11.9. The molecule has 1 amide bonds. The van der Waals surface area contributed by atoms with E-state index in [1.807, 2.05) is 0 Å². The average Bonchev–Trinajstić information content (AvgIpc) is 2.73. The Kier molecular flexibility index (Phi) is 5.39. The monoisotopic (exact) mass is 319 g/mol. The molecule has 0 saturated heterocycles. The minimum Gasteiger partial charge on any atom is -0.396 e. The van der Waals surface area contributed by atoms with E-state index in [4.69, 9.17) is 0 Å². The summed E-state index contributed by atoms with van der Waals surface area (Å²) >= 11 is 0. The van der Waals surface area contributed by atoms with Gasteiger partial charge in [0.2, 0.25) is 0 Å². The predicted octanol–water partition coefficient (Wildman–Crippen LogP) is 2.91. The smallest absolute Gasteiger partial charge is 0.254 e. The average molecular weight is 319 g/mol. The van der Waals surface area contributed by atoms with Crippen LogP contribution in [0, 0.1) is 29.2 Å². The third-order valence-corrected chi connectivity index (χ3v) is 4.06. The first-order valence-corrected chi connectivity index (χ1v) is 7.20. The van der Waals surface area contributed by atoms with E-state index in [0.29, 0.717) is 18.9 Å². The quantitative estimate of drug-likeness (QED) is 0.389. The van der Waals surface area contributed by atoms with Crippen LogP contribution < -0.4 is 5.32 Å². The van der Waals surface area contributed by atoms with Crippen LogP contribution in [0.4, 0.5) is 17.6 Å². The molecule has 7 heteroatoms. The molecule has 122 valence electrons. The van der Waals surface area contributed by atoms with Crippen molar-refractivity contribution in [3.05, 3.63) is 34.9 Å². The van der Waals surface area contributed by atoms with Crippen molar-refractivity contribution in [3.63, 3.8) is 0 Å². The zero-order chi connectivity index (χ0) is 16.3. The van der Waals surface area contributed by atoms with Crippen LogP contribution >= 0.6 is 0 Å². The molecular weight excluding hydrogens is 302 g/mol. The Bertz CT molecular complexity index is 565. The molecule has 2 unspecified atom stereocenters. The number of hydrogen-bond donors (Lipinski definition) is 2. The largest absolute Gasteiger partial charge is 0.396 e. The van der Waals surface area contributed by atoms with E-state index in [1.165, 1.54) is 0 Å². The third-order valence-electron chi connectivity index (χ3n) is 4.06. The van der Waals surface area contributed by atoms with Crippen LogP contribution in [-0.4, -0.2) is 23.7 Å². The minimum absolute atomic E-state index is 0.139. The highest BCUT2D eigenvalue weighted by Gasteiger charge is 2.28. The molecular formula is C15H17F4NO2. The Morgan fingerprint density at radius 1 is 1.09 bits per heavy atom. The van der Waals surface area contributed by atoms with Gasteiger partial charge in [0.1, 0.15) is 0 Å². The van der Waals surface area contributed by atoms with Gasteiger partial charge in [-0.15, -0.1) is 0 Å². The normalized spacial score (nSPS) is 22.2. The van der Waals surface area contributed by atoms with Crippen molar-refractivity contribution in [2.24, 2.45) is 5.92 Å². The van der Waals surface area contributed by atoms with Gasteiger partial charge in [0.15, 0.2) is 23.3 Å². The summed E-state index contributed by atoms with van der Waals surface area (Å²) in [6, 6.07) is -0.0659. The zero-order valence-corrected chi connectivity index (χ0v) is 11.8. The molecule has 0 spiro atoms. The van der Waals surface area contributed by atoms with E-state index >= 15 is 0 Å². The fourth-order valence-corrected chi connectivity index (χ4v) is 2.78. The van der Waals surface area contributed by atoms with Crippen molar-refractivity contribution in [1.29, 1.82) is 0 Å². The topological polar surface area (TPSA) is 49.3 Å². The van der Waals surface area contributed by atoms with Crippen LogP contribution in [0.2, 0.25) is 0 Å². The highest BCUT2D eigenvalue weighted by Crippen LogP contribution is 2.24. The van der Waals surface area contributed by atoms with Crippen molar-refractivity contribution in [1.82, 2.24) is 5.32 Å². The number of carbonyl (C=O) groups excluding carboxylic acids is 1. The summed E-state index contributed by atoms with van der Waals surface area (Å²) in [6.07, 6.45) is 3.99. The summed E-state index contributed by atoms with van der Waals surface area (Å²) in [5.74, 6) is -8.50. The molecule has 2 rings (SSSR count). The Hall–Kier alpha value is -1.63. The van der Waals surface area contributed by atoms with Crippen molar-refractivity contribution >= 4 is 5.91 Å². The Morgan fingerprint density at radius 2 is 1.77 bits per heavy atom. The van der Waals surface area contributed by atoms with Crippen LogP contribution in [0.25, 0.3) is 0 Å². The van der Waals surface area contributed by atoms with Crippen LogP contribution in [0.3, 0.4) is 0 Å². The van der Waals surface area contributed by atoms with Gasteiger partial charge in [-0.2, -0.15) is 0 Å². The van der Waals surface area contributed by atoms with Crippen LogP contribution in [-0.2, 0) is 0 Å². The number of halogens is 4. The number of hydrogen-bond acceptors (Lipinski definition) is 2. The lowest BCUT2D eigenvalue weighted by molar-refractivity contribution is 0.0893. The van der Waals surface area contributed by atoms with E-state index in [1.54, 1.807) is 0 Å². The summed E-state index contributed by atoms with van der Waals surface area (Å²) in [5.41, 5.74) is -0.877. The van der Waals surface area contributed by atoms with Gasteiger partial charge in [0.25, 0.3) is 5.91 Å². The maximum absolute atomic E-state index is 13.6. The molecule has 1 fully saturated rings. The number of benzene rings is 1. The summed E-state index contributed by atoms with van der Waals surface area (Å²) in [7, 11) is 0. The predicted molar refractivity (Wildman–Crippen MR) is 71.2 cm³/mol. The maximum atomic E-state index is 13.6. The first-order valence-electron chi connectivity index (χ1n) is 7.20. The minimum atomic E-state index is -2.01. The molecule has 0 aliphatic heterocycles. The van der Waals surface area contributed by atoms with Crippen LogP contribution in [0.15, 0.2) is 6.07 Å². The van der Waals surface area contributed by atoms with Crippen molar-refractivity contribution < 1.29 is 27.5 Å². The third kappa shape index (κ3) is 3.40. The van der Waals surface area contributed by atoms with Gasteiger partial charge in [-0.3, -0.25) is 4.79 Å². The van der Waals surface area contributed by atoms with Gasteiger partial charge in [-0.05, 0) is 18.9 Å². The van der Waals surface area contributed by atoms with Crippen molar-refractivity contribution in [3.8, 4) is 0 Å². The molecule has 22 heavy (non-hydrogen) atoms. The van der Waals surface area contributed by atoms with Crippen LogP contribution in [0.5, 0.6) is 0 Å². The first kappa shape index (κ1) is 16.7. The highest BCUT2D eigenvalue weighted by molar-refractivity contribution is 5.94. The fraction of sp³-hybridized carbons (Fsp3) is 0.533. The number of rotatable bonds is 3.